The van der Waals surface area contributed by atoms with Crippen molar-refractivity contribution in [1.82, 2.24) is 9.97 Å². The number of Topliss-reactive ketones (excluding diaryl/α,β-unsaturated/α-hetero) is 1. The number of hydrogen-bond donors (Lipinski definition) is 3. The Morgan fingerprint density at radius 2 is 1.52 bits per heavy atom. The van der Waals surface area contributed by atoms with Gasteiger partial charge in [-0.15, -0.1) is 0 Å². The molecule has 1 aliphatic rings. The molecule has 0 aliphatic heterocycles. The first-order valence-corrected chi connectivity index (χ1v) is 12.4. The van der Waals surface area contributed by atoms with Gasteiger partial charge in [-0.05, 0) is 48.7 Å². The predicted octanol–water partition coefficient (Wildman–Crippen LogP) is 8.70. The number of phenols is 1. The van der Waals surface area contributed by atoms with E-state index in [1.165, 1.54) is 0 Å². The van der Waals surface area contributed by atoms with Crippen LogP contribution >= 0.6 is 62.3 Å². The standard InChI is InChI=1S/C12H8BrCl2NO.C12H7Cl2NO/c13-6-2-1-5-9-8(16-11(5)12(6)17)4-3-7(14)10(9)15;13-7-4-5-8-10(11(7)14)6-2-1-3-9(16)12(6)15-8/h3-4,6,16H,1-2H2;1-5,15-16H. The highest BCUT2D eigenvalue weighted by Gasteiger charge is 2.29. The lowest BCUT2D eigenvalue weighted by atomic mass is 9.94. The van der Waals surface area contributed by atoms with Crippen LogP contribution in [0.1, 0.15) is 22.5 Å². The van der Waals surface area contributed by atoms with Crippen molar-refractivity contribution in [2.75, 3.05) is 0 Å². The molecule has 4 nitrogen and oxygen atoms in total. The van der Waals surface area contributed by atoms with Crippen molar-refractivity contribution in [2.24, 2.45) is 0 Å². The van der Waals surface area contributed by atoms with E-state index in [1.807, 2.05) is 18.2 Å². The smallest absolute Gasteiger partial charge is 0.192 e. The van der Waals surface area contributed by atoms with Gasteiger partial charge in [0.2, 0.25) is 0 Å². The quantitative estimate of drug-likeness (QED) is 0.159. The second-order valence-electron chi connectivity index (χ2n) is 7.74. The zero-order chi connectivity index (χ0) is 23.4. The summed E-state index contributed by atoms with van der Waals surface area (Å²) < 4.78 is 0. The Morgan fingerprint density at radius 1 is 0.879 bits per heavy atom. The van der Waals surface area contributed by atoms with Gasteiger partial charge in [-0.25, -0.2) is 0 Å². The highest BCUT2D eigenvalue weighted by Crippen LogP contribution is 2.39. The van der Waals surface area contributed by atoms with Gasteiger partial charge in [0, 0.05) is 27.2 Å². The molecule has 0 bridgehead atoms. The maximum Gasteiger partial charge on any atom is 0.192 e. The summed E-state index contributed by atoms with van der Waals surface area (Å²) in [4.78, 5) is 18.2. The van der Waals surface area contributed by atoms with E-state index in [1.54, 1.807) is 24.3 Å². The van der Waals surface area contributed by atoms with Crippen LogP contribution in [0, 0.1) is 0 Å². The Balaban J connectivity index is 0.000000139. The molecule has 9 heteroatoms. The van der Waals surface area contributed by atoms with E-state index in [-0.39, 0.29) is 16.4 Å². The van der Waals surface area contributed by atoms with Crippen LogP contribution in [-0.4, -0.2) is 25.7 Å². The number of phenolic OH excluding ortho intramolecular Hbond substituents is 1. The lowest BCUT2D eigenvalue weighted by molar-refractivity contribution is 0.0977. The molecule has 168 valence electrons. The lowest BCUT2D eigenvalue weighted by Crippen LogP contribution is -2.21. The van der Waals surface area contributed by atoms with E-state index in [2.05, 4.69) is 25.9 Å². The number of carbonyl (C=O) groups excluding carboxylic acids is 1. The Morgan fingerprint density at radius 3 is 2.21 bits per heavy atom. The fourth-order valence-corrected chi connectivity index (χ4v) is 5.55. The molecule has 0 fully saturated rings. The number of nitrogens with one attached hydrogen (secondary N) is 2. The number of hydrogen-bond acceptors (Lipinski definition) is 2. The first-order valence-electron chi connectivity index (χ1n) is 10.0. The Hall–Kier alpha value is -1.89. The average molecular weight is 585 g/mol. The third-order valence-corrected chi connectivity index (χ3v) is 8.29. The number of aromatic hydroxyl groups is 1. The molecule has 1 unspecified atom stereocenters. The van der Waals surface area contributed by atoms with Crippen molar-refractivity contribution >= 4 is 101 Å². The number of aromatic amines is 2. The molecule has 5 aromatic rings. The van der Waals surface area contributed by atoms with Gasteiger partial charge in [0.1, 0.15) is 5.75 Å². The number of fused-ring (bicyclic) bond motifs is 6. The van der Waals surface area contributed by atoms with E-state index in [0.29, 0.717) is 31.3 Å². The first-order chi connectivity index (χ1) is 15.8. The molecule has 2 heterocycles. The van der Waals surface area contributed by atoms with E-state index in [4.69, 9.17) is 46.4 Å². The summed E-state index contributed by atoms with van der Waals surface area (Å²) in [6.07, 6.45) is 1.62. The molecule has 3 aromatic carbocycles. The highest BCUT2D eigenvalue weighted by atomic mass is 79.9. The predicted molar refractivity (Wildman–Crippen MR) is 141 cm³/mol. The maximum atomic E-state index is 12.0. The number of para-hydroxylation sites is 1. The topological polar surface area (TPSA) is 68.9 Å². The number of carbonyl (C=O) groups is 1. The number of alkyl halides is 1. The van der Waals surface area contributed by atoms with Crippen molar-refractivity contribution in [2.45, 2.75) is 17.7 Å². The van der Waals surface area contributed by atoms with Gasteiger partial charge >= 0.3 is 0 Å². The van der Waals surface area contributed by atoms with Gasteiger partial charge in [0.15, 0.2) is 5.78 Å². The summed E-state index contributed by atoms with van der Waals surface area (Å²) in [5.74, 6) is 0.301. The van der Waals surface area contributed by atoms with Gasteiger partial charge in [0.05, 0.1) is 36.1 Å². The SMILES string of the molecule is O=C1c2[nH]c3ccc(Cl)c(Cl)c3c2CCC1Br.Oc1cccc2c1[nH]c1ccc(Cl)c(Cl)c12. The molecule has 2 aromatic heterocycles. The zero-order valence-corrected chi connectivity index (χ0v) is 21.4. The fourth-order valence-electron chi connectivity index (χ4n) is 4.24. The number of halogens is 5. The largest absolute Gasteiger partial charge is 0.506 e. The van der Waals surface area contributed by atoms with Crippen LogP contribution in [0.4, 0.5) is 0 Å². The van der Waals surface area contributed by atoms with E-state index >= 15 is 0 Å². The van der Waals surface area contributed by atoms with Gasteiger partial charge in [0.25, 0.3) is 0 Å². The minimum absolute atomic E-state index is 0.0923. The molecule has 1 aliphatic carbocycles. The average Bonchev–Trinajstić information content (AvgIpc) is 3.37. The summed E-state index contributed by atoms with van der Waals surface area (Å²) >= 11 is 27.8. The third-order valence-electron chi connectivity index (χ3n) is 5.80. The number of aryl methyl sites for hydroxylation is 1. The summed E-state index contributed by atoms with van der Waals surface area (Å²) in [5.41, 5.74) is 4.08. The lowest BCUT2D eigenvalue weighted by Gasteiger charge is -2.15. The highest BCUT2D eigenvalue weighted by molar-refractivity contribution is 9.10. The molecular weight excluding hydrogens is 570 g/mol. The van der Waals surface area contributed by atoms with Gasteiger partial charge in [-0.2, -0.15) is 0 Å². The van der Waals surface area contributed by atoms with Crippen molar-refractivity contribution in [3.63, 3.8) is 0 Å². The van der Waals surface area contributed by atoms with Crippen molar-refractivity contribution < 1.29 is 9.90 Å². The van der Waals surface area contributed by atoms with Gasteiger partial charge < -0.3 is 15.1 Å². The summed E-state index contributed by atoms with van der Waals surface area (Å²) in [6, 6.07) is 12.5. The minimum atomic E-state index is -0.0997. The molecule has 3 N–H and O–H groups in total. The minimum Gasteiger partial charge on any atom is -0.506 e. The third kappa shape index (κ3) is 3.80. The second-order valence-corrected chi connectivity index (χ2v) is 10.4. The van der Waals surface area contributed by atoms with Crippen LogP contribution in [0.2, 0.25) is 20.1 Å². The number of aromatic nitrogens is 2. The molecular formula is C24H15BrCl4N2O2. The van der Waals surface area contributed by atoms with Crippen molar-refractivity contribution in [3.05, 3.63) is 73.8 Å². The second kappa shape index (κ2) is 8.71. The molecule has 0 radical (unpaired) electrons. The molecule has 0 saturated heterocycles. The van der Waals surface area contributed by atoms with Crippen LogP contribution in [-0.2, 0) is 6.42 Å². The van der Waals surface area contributed by atoms with Crippen LogP contribution < -0.4 is 0 Å². The van der Waals surface area contributed by atoms with E-state index < -0.39 is 0 Å². The zero-order valence-electron chi connectivity index (χ0n) is 16.8. The number of rotatable bonds is 0. The Bertz CT molecular complexity index is 1570. The molecule has 0 spiro atoms. The molecule has 1 atom stereocenters. The molecule has 33 heavy (non-hydrogen) atoms. The molecule has 0 saturated carbocycles. The van der Waals surface area contributed by atoms with Crippen LogP contribution in [0.5, 0.6) is 5.75 Å². The van der Waals surface area contributed by atoms with E-state index in [0.717, 1.165) is 45.6 Å². The molecule has 0 amide bonds. The Labute approximate surface area is 216 Å². The monoisotopic (exact) mass is 582 g/mol. The summed E-state index contributed by atoms with van der Waals surface area (Å²) in [7, 11) is 0. The maximum absolute atomic E-state index is 12.0. The van der Waals surface area contributed by atoms with Crippen LogP contribution in [0.3, 0.4) is 0 Å². The number of ketones is 1. The number of benzene rings is 3. The summed E-state index contributed by atoms with van der Waals surface area (Å²) in [5, 5.41) is 14.4. The van der Waals surface area contributed by atoms with E-state index in [9.17, 15) is 9.90 Å². The van der Waals surface area contributed by atoms with Crippen molar-refractivity contribution in [3.8, 4) is 5.75 Å². The fraction of sp³-hybridized carbons (Fsp3) is 0.125. The van der Waals surface area contributed by atoms with Crippen LogP contribution in [0.15, 0.2) is 42.5 Å². The number of H-pyrrole nitrogens is 2. The van der Waals surface area contributed by atoms with Crippen LogP contribution in [0.25, 0.3) is 32.7 Å². The first kappa shape index (κ1) is 22.9. The van der Waals surface area contributed by atoms with Gasteiger partial charge in [-0.1, -0.05) is 74.5 Å². The summed E-state index contributed by atoms with van der Waals surface area (Å²) in [6.45, 7) is 0. The van der Waals surface area contributed by atoms with Gasteiger partial charge in [-0.3, -0.25) is 4.79 Å². The van der Waals surface area contributed by atoms with Crippen molar-refractivity contribution in [1.29, 1.82) is 0 Å². The molecule has 6 rings (SSSR count). The Kier molecular flexibility index (Phi) is 6.04. The normalized spacial score (nSPS) is 15.7.